The quantitative estimate of drug-likeness (QED) is 0.129. The van der Waals surface area contributed by atoms with Gasteiger partial charge in [0.05, 0.1) is 33.4 Å². The van der Waals surface area contributed by atoms with Crippen LogP contribution in [0.5, 0.6) is 0 Å². The third-order valence-electron chi connectivity index (χ3n) is 14.6. The van der Waals surface area contributed by atoms with Crippen LogP contribution in [0.3, 0.4) is 0 Å². The molecule has 0 saturated carbocycles. The minimum Gasteiger partial charge on any atom is -0.334 e. The highest BCUT2D eigenvalue weighted by Crippen LogP contribution is 2.44. The van der Waals surface area contributed by atoms with E-state index in [4.69, 9.17) is 9.51 Å². The van der Waals surface area contributed by atoms with E-state index in [1.54, 1.807) is 0 Å². The number of benzene rings is 11. The van der Waals surface area contributed by atoms with Crippen molar-refractivity contribution in [2.75, 3.05) is 9.80 Å². The highest BCUT2D eigenvalue weighted by molar-refractivity contribution is 6.12. The van der Waals surface area contributed by atoms with Gasteiger partial charge in [0.2, 0.25) is 5.82 Å². The fourth-order valence-corrected chi connectivity index (χ4v) is 11.1. The largest absolute Gasteiger partial charge is 0.334 e. The minimum atomic E-state index is 0.491. The molecule has 7 heteroatoms. The van der Waals surface area contributed by atoms with E-state index in [1.165, 1.54) is 21.5 Å². The maximum Gasteiger partial charge on any atom is 0.258 e. The molecule has 0 aliphatic carbocycles. The van der Waals surface area contributed by atoms with Gasteiger partial charge in [0, 0.05) is 66.8 Å². The first-order valence-corrected chi connectivity index (χ1v) is 25.7. The zero-order valence-electron chi connectivity index (χ0n) is 41.6. The lowest BCUT2D eigenvalue weighted by Crippen LogP contribution is -2.09. The zero-order chi connectivity index (χ0) is 50.5. The molecule has 0 spiro atoms. The Morgan fingerprint density at radius 1 is 0.316 bits per heavy atom. The topological polar surface area (TPSA) is 55.3 Å². The third-order valence-corrected chi connectivity index (χ3v) is 14.6. The van der Waals surface area contributed by atoms with Crippen LogP contribution in [-0.4, -0.2) is 19.3 Å². The van der Waals surface area contributed by atoms with Gasteiger partial charge in [-0.3, -0.25) is 0 Å². The summed E-state index contributed by atoms with van der Waals surface area (Å²) in [6, 6.07) is 97.0. The van der Waals surface area contributed by atoms with Gasteiger partial charge in [0.25, 0.3) is 5.89 Å². The van der Waals surface area contributed by atoms with Crippen LogP contribution in [0.1, 0.15) is 5.56 Å². The van der Waals surface area contributed by atoms with E-state index in [1.807, 2.05) is 30.3 Å². The van der Waals surface area contributed by atoms with Gasteiger partial charge >= 0.3 is 0 Å². The molecule has 0 unspecified atom stereocenters. The van der Waals surface area contributed by atoms with E-state index >= 15 is 0 Å². The number of rotatable bonds is 11. The van der Waals surface area contributed by atoms with Crippen molar-refractivity contribution < 1.29 is 4.52 Å². The average molecular weight is 977 g/mol. The molecule has 360 valence electrons. The fraction of sp³-hybridized carbons (Fsp3) is 0.0145. The van der Waals surface area contributed by atoms with Gasteiger partial charge in [-0.2, -0.15) is 4.98 Å². The summed E-state index contributed by atoms with van der Waals surface area (Å²) in [5, 5.41) is 9.08. The molecule has 0 radical (unpaired) electrons. The molecule has 0 aliphatic heterocycles. The van der Waals surface area contributed by atoms with Crippen molar-refractivity contribution >= 4 is 77.7 Å². The van der Waals surface area contributed by atoms with E-state index in [-0.39, 0.29) is 0 Å². The summed E-state index contributed by atoms with van der Waals surface area (Å²) in [6.45, 7) is 2.28. The van der Waals surface area contributed by atoms with Gasteiger partial charge in [-0.15, -0.1) is 0 Å². The smallest absolute Gasteiger partial charge is 0.258 e. The molecule has 0 saturated heterocycles. The SMILES string of the molecule is Cc1c(-n2c3ccccc3c3cc(N(c4ccccc4)c4ccccc4)ccc32)cc(-c2ccc(-c3noc(-c4ccccc4)n3)cc2)cc1-n1c2ccccc2c2cc(N(c3ccccc3)c3ccccc3)ccc21. The normalized spacial score (nSPS) is 11.5. The molecule has 14 aromatic rings. The second-order valence-corrected chi connectivity index (χ2v) is 19.1. The molecule has 14 rings (SSSR count). The zero-order valence-corrected chi connectivity index (χ0v) is 41.6. The molecule has 3 heterocycles. The van der Waals surface area contributed by atoms with Gasteiger partial charge in [0.1, 0.15) is 0 Å². The van der Waals surface area contributed by atoms with Crippen LogP contribution in [0, 0.1) is 6.92 Å². The Bertz CT molecular complexity index is 4090. The first-order valence-electron chi connectivity index (χ1n) is 25.7. The molecule has 7 nitrogen and oxygen atoms in total. The molecule has 0 atom stereocenters. The number of anilines is 6. The summed E-state index contributed by atoms with van der Waals surface area (Å²) in [7, 11) is 0. The predicted molar refractivity (Wildman–Crippen MR) is 313 cm³/mol. The molecule has 0 fully saturated rings. The second-order valence-electron chi connectivity index (χ2n) is 19.1. The van der Waals surface area contributed by atoms with E-state index in [2.05, 4.69) is 274 Å². The predicted octanol–water partition coefficient (Wildman–Crippen LogP) is 18.5. The van der Waals surface area contributed by atoms with Crippen LogP contribution in [0.15, 0.2) is 278 Å². The van der Waals surface area contributed by atoms with Crippen LogP contribution < -0.4 is 9.80 Å². The Morgan fingerprint density at radius 2 is 0.697 bits per heavy atom. The van der Waals surface area contributed by atoms with E-state index in [9.17, 15) is 0 Å². The summed E-state index contributed by atoms with van der Waals surface area (Å²) in [5.41, 5.74) is 18.3. The van der Waals surface area contributed by atoms with Crippen molar-refractivity contribution in [2.45, 2.75) is 6.92 Å². The Labute approximate surface area is 440 Å². The van der Waals surface area contributed by atoms with E-state index < -0.39 is 0 Å². The fourth-order valence-electron chi connectivity index (χ4n) is 11.1. The van der Waals surface area contributed by atoms with Crippen molar-refractivity contribution in [3.05, 3.63) is 279 Å². The van der Waals surface area contributed by atoms with E-state index in [0.717, 1.165) is 95.4 Å². The minimum absolute atomic E-state index is 0.491. The number of fused-ring (bicyclic) bond motifs is 6. The Hall–Kier alpha value is -10.2. The van der Waals surface area contributed by atoms with Gasteiger partial charge in [-0.1, -0.05) is 157 Å². The summed E-state index contributed by atoms with van der Waals surface area (Å²) >= 11 is 0. The number of aromatic nitrogens is 4. The van der Waals surface area contributed by atoms with Gasteiger partial charge in [0.15, 0.2) is 0 Å². The molecule has 11 aromatic carbocycles. The lowest BCUT2D eigenvalue weighted by atomic mass is 9.99. The molecule has 76 heavy (non-hydrogen) atoms. The molecular weight excluding hydrogens is 929 g/mol. The van der Waals surface area contributed by atoms with Crippen molar-refractivity contribution in [2.24, 2.45) is 0 Å². The van der Waals surface area contributed by atoms with Crippen LogP contribution in [0.4, 0.5) is 34.1 Å². The highest BCUT2D eigenvalue weighted by Gasteiger charge is 2.23. The number of nitrogens with zero attached hydrogens (tertiary/aromatic N) is 6. The van der Waals surface area contributed by atoms with Crippen molar-refractivity contribution in [1.29, 1.82) is 0 Å². The molecule has 0 amide bonds. The summed E-state index contributed by atoms with van der Waals surface area (Å²) in [5.74, 6) is 1.03. The number of hydrogen-bond acceptors (Lipinski definition) is 5. The van der Waals surface area contributed by atoms with Gasteiger partial charge < -0.3 is 23.5 Å². The first kappa shape index (κ1) is 44.5. The lowest BCUT2D eigenvalue weighted by molar-refractivity contribution is 0.432. The summed E-state index contributed by atoms with van der Waals surface area (Å²) in [4.78, 5) is 9.46. The number of hydrogen-bond donors (Lipinski definition) is 0. The van der Waals surface area contributed by atoms with Crippen molar-refractivity contribution in [3.8, 4) is 45.3 Å². The van der Waals surface area contributed by atoms with Crippen LogP contribution in [-0.2, 0) is 0 Å². The molecular formula is C69H48N6O. The van der Waals surface area contributed by atoms with Crippen LogP contribution >= 0.6 is 0 Å². The molecule has 0 bridgehead atoms. The Balaban J connectivity index is 0.982. The van der Waals surface area contributed by atoms with E-state index in [0.29, 0.717) is 11.7 Å². The monoisotopic (exact) mass is 976 g/mol. The first-order chi connectivity index (χ1) is 37.6. The Kier molecular flexibility index (Phi) is 10.9. The lowest BCUT2D eigenvalue weighted by Gasteiger charge is -2.25. The maximum atomic E-state index is 5.75. The highest BCUT2D eigenvalue weighted by atomic mass is 16.5. The average Bonchev–Trinajstić information content (AvgIpc) is 4.28. The maximum absolute atomic E-state index is 5.75. The van der Waals surface area contributed by atoms with Gasteiger partial charge in [-0.25, -0.2) is 0 Å². The summed E-state index contributed by atoms with van der Waals surface area (Å²) in [6.07, 6.45) is 0. The van der Waals surface area contributed by atoms with Crippen LogP contribution in [0.2, 0.25) is 0 Å². The third kappa shape index (κ3) is 7.69. The number of para-hydroxylation sites is 6. The Morgan fingerprint density at radius 3 is 1.14 bits per heavy atom. The second kappa shape index (κ2) is 18.7. The van der Waals surface area contributed by atoms with Crippen molar-refractivity contribution in [1.82, 2.24) is 19.3 Å². The molecule has 0 aliphatic rings. The van der Waals surface area contributed by atoms with Crippen LogP contribution in [0.25, 0.3) is 89.0 Å². The molecule has 0 N–H and O–H groups in total. The standard InChI is InChI=1S/C69H48N6O/c1-47-66(74-62-33-19-17-31-58(62)60-45-56(39-41-64(60)74)72(52-23-9-3-10-24-52)53-25-11-4-12-26-53)43-51(48-35-37-49(38-36-48)68-70-69(76-71-68)50-21-7-2-8-22-50)44-67(47)75-63-34-20-18-32-59(63)61-46-57(40-42-65(61)75)73(54-27-13-5-14-28-54)55-29-15-6-16-30-55/h2-46H,1H3. The molecule has 3 aromatic heterocycles. The van der Waals surface area contributed by atoms with Crippen molar-refractivity contribution in [3.63, 3.8) is 0 Å². The summed E-state index contributed by atoms with van der Waals surface area (Å²) < 4.78 is 10.7. The van der Waals surface area contributed by atoms with Gasteiger partial charge in [-0.05, 0) is 145 Å².